The Hall–Kier alpha value is -1.59. The zero-order valence-electron chi connectivity index (χ0n) is 11.8. The molecule has 20 heavy (non-hydrogen) atoms. The van der Waals surface area contributed by atoms with Gasteiger partial charge in [-0.15, -0.1) is 0 Å². The Morgan fingerprint density at radius 3 is 2.70 bits per heavy atom. The number of ether oxygens (including phenoxy) is 1. The quantitative estimate of drug-likeness (QED) is 0.901. The Labute approximate surface area is 120 Å². The summed E-state index contributed by atoms with van der Waals surface area (Å²) in [5.74, 6) is 0. The summed E-state index contributed by atoms with van der Waals surface area (Å²) in [6.45, 7) is 5.24. The molecule has 0 saturated carbocycles. The number of rotatable bonds is 4. The fraction of sp³-hybridized carbons (Fsp3) is 0.533. The summed E-state index contributed by atoms with van der Waals surface area (Å²) in [6, 6.07) is 9.75. The third-order valence-corrected chi connectivity index (χ3v) is 3.50. The van der Waals surface area contributed by atoms with E-state index in [0.29, 0.717) is 19.7 Å². The molecule has 5 nitrogen and oxygen atoms in total. The van der Waals surface area contributed by atoms with Gasteiger partial charge in [0.25, 0.3) is 0 Å². The lowest BCUT2D eigenvalue weighted by molar-refractivity contribution is 0.0973. The molecule has 1 aromatic carbocycles. The van der Waals surface area contributed by atoms with Gasteiger partial charge in [-0.1, -0.05) is 30.3 Å². The van der Waals surface area contributed by atoms with E-state index in [1.165, 1.54) is 0 Å². The average molecular weight is 277 g/mol. The third kappa shape index (κ3) is 4.51. The number of benzene rings is 1. The standard InChI is InChI=1S/C15H23N3O2/c16-7-10-17-8-4-9-18(12-11-17)15(19)20-13-14-5-2-1-3-6-14/h1-3,5-6H,4,7-13,16H2. The molecular weight excluding hydrogens is 254 g/mol. The molecule has 0 unspecified atom stereocenters. The number of carbonyl (C=O) groups excluding carboxylic acids is 1. The summed E-state index contributed by atoms with van der Waals surface area (Å²) >= 11 is 0. The van der Waals surface area contributed by atoms with Crippen molar-refractivity contribution in [3.8, 4) is 0 Å². The molecule has 0 atom stereocenters. The molecule has 2 rings (SSSR count). The van der Waals surface area contributed by atoms with Gasteiger partial charge >= 0.3 is 6.09 Å². The lowest BCUT2D eigenvalue weighted by Crippen LogP contribution is -2.36. The van der Waals surface area contributed by atoms with Gasteiger partial charge < -0.3 is 20.3 Å². The number of hydrogen-bond acceptors (Lipinski definition) is 4. The van der Waals surface area contributed by atoms with Crippen molar-refractivity contribution < 1.29 is 9.53 Å². The molecule has 0 spiro atoms. The van der Waals surface area contributed by atoms with Crippen LogP contribution in [0.3, 0.4) is 0 Å². The lowest BCUT2D eigenvalue weighted by Gasteiger charge is -2.21. The van der Waals surface area contributed by atoms with E-state index in [2.05, 4.69) is 4.90 Å². The van der Waals surface area contributed by atoms with E-state index in [9.17, 15) is 4.79 Å². The average Bonchev–Trinajstić information content (AvgIpc) is 2.72. The maximum atomic E-state index is 12.0. The first-order valence-corrected chi connectivity index (χ1v) is 7.17. The summed E-state index contributed by atoms with van der Waals surface area (Å²) in [5.41, 5.74) is 6.58. The SMILES string of the molecule is NCCN1CCCN(C(=O)OCc2ccccc2)CC1. The van der Waals surface area contributed by atoms with E-state index < -0.39 is 0 Å². The van der Waals surface area contributed by atoms with Gasteiger partial charge in [-0.3, -0.25) is 0 Å². The highest BCUT2D eigenvalue weighted by Crippen LogP contribution is 2.07. The topological polar surface area (TPSA) is 58.8 Å². The molecule has 1 aliphatic rings. The highest BCUT2D eigenvalue weighted by Gasteiger charge is 2.19. The Morgan fingerprint density at radius 1 is 1.15 bits per heavy atom. The van der Waals surface area contributed by atoms with E-state index in [0.717, 1.165) is 38.2 Å². The van der Waals surface area contributed by atoms with Gasteiger partial charge in [0, 0.05) is 32.7 Å². The van der Waals surface area contributed by atoms with Crippen molar-refractivity contribution in [3.05, 3.63) is 35.9 Å². The van der Waals surface area contributed by atoms with Gasteiger partial charge in [-0.2, -0.15) is 0 Å². The van der Waals surface area contributed by atoms with Crippen molar-refractivity contribution in [2.75, 3.05) is 39.3 Å². The number of nitrogens with zero attached hydrogens (tertiary/aromatic N) is 2. The Morgan fingerprint density at radius 2 is 1.95 bits per heavy atom. The van der Waals surface area contributed by atoms with E-state index >= 15 is 0 Å². The minimum absolute atomic E-state index is 0.219. The molecule has 5 heteroatoms. The van der Waals surface area contributed by atoms with Crippen LogP contribution in [-0.4, -0.2) is 55.2 Å². The van der Waals surface area contributed by atoms with Crippen LogP contribution in [0, 0.1) is 0 Å². The van der Waals surface area contributed by atoms with Crippen molar-refractivity contribution in [1.82, 2.24) is 9.80 Å². The van der Waals surface area contributed by atoms with E-state index in [1.807, 2.05) is 30.3 Å². The molecular formula is C15H23N3O2. The maximum absolute atomic E-state index is 12.0. The molecule has 1 saturated heterocycles. The highest BCUT2D eigenvalue weighted by molar-refractivity contribution is 5.67. The first-order chi connectivity index (χ1) is 9.79. The van der Waals surface area contributed by atoms with Crippen LogP contribution in [0.15, 0.2) is 30.3 Å². The number of hydrogen-bond donors (Lipinski definition) is 1. The highest BCUT2D eigenvalue weighted by atomic mass is 16.6. The van der Waals surface area contributed by atoms with Crippen LogP contribution < -0.4 is 5.73 Å². The van der Waals surface area contributed by atoms with Crippen molar-refractivity contribution >= 4 is 6.09 Å². The fourth-order valence-corrected chi connectivity index (χ4v) is 2.37. The smallest absolute Gasteiger partial charge is 0.410 e. The monoisotopic (exact) mass is 277 g/mol. The molecule has 110 valence electrons. The van der Waals surface area contributed by atoms with Crippen LogP contribution in [0.1, 0.15) is 12.0 Å². The minimum Gasteiger partial charge on any atom is -0.445 e. The van der Waals surface area contributed by atoms with E-state index in [-0.39, 0.29) is 6.09 Å². The second kappa shape index (κ2) is 7.87. The molecule has 2 N–H and O–H groups in total. The number of carbonyl (C=O) groups is 1. The van der Waals surface area contributed by atoms with Crippen LogP contribution in [0.4, 0.5) is 4.79 Å². The van der Waals surface area contributed by atoms with E-state index in [4.69, 9.17) is 10.5 Å². The molecule has 0 aliphatic carbocycles. The summed E-state index contributed by atoms with van der Waals surface area (Å²) in [5, 5.41) is 0. The van der Waals surface area contributed by atoms with Crippen LogP contribution in [-0.2, 0) is 11.3 Å². The zero-order chi connectivity index (χ0) is 14.2. The Kier molecular flexibility index (Phi) is 5.83. The molecule has 1 fully saturated rings. The van der Waals surface area contributed by atoms with E-state index in [1.54, 1.807) is 4.90 Å². The van der Waals surface area contributed by atoms with Gasteiger partial charge in [0.1, 0.15) is 6.61 Å². The maximum Gasteiger partial charge on any atom is 0.410 e. The molecule has 0 aromatic heterocycles. The normalized spacial score (nSPS) is 16.8. The van der Waals surface area contributed by atoms with Crippen LogP contribution in [0.25, 0.3) is 0 Å². The van der Waals surface area contributed by atoms with Crippen molar-refractivity contribution in [2.45, 2.75) is 13.0 Å². The summed E-state index contributed by atoms with van der Waals surface area (Å²) < 4.78 is 5.36. The summed E-state index contributed by atoms with van der Waals surface area (Å²) in [6.07, 6.45) is 0.754. The minimum atomic E-state index is -0.219. The first-order valence-electron chi connectivity index (χ1n) is 7.17. The number of amides is 1. The molecule has 1 aromatic rings. The second-order valence-electron chi connectivity index (χ2n) is 5.01. The summed E-state index contributed by atoms with van der Waals surface area (Å²) in [4.78, 5) is 16.1. The van der Waals surface area contributed by atoms with Gasteiger partial charge in [0.2, 0.25) is 0 Å². The third-order valence-electron chi connectivity index (χ3n) is 3.50. The van der Waals surface area contributed by atoms with Gasteiger partial charge in [-0.05, 0) is 18.5 Å². The number of nitrogens with two attached hydrogens (primary N) is 1. The molecule has 1 heterocycles. The lowest BCUT2D eigenvalue weighted by atomic mass is 10.2. The van der Waals surface area contributed by atoms with Crippen LogP contribution in [0.2, 0.25) is 0 Å². The predicted molar refractivity (Wildman–Crippen MR) is 78.3 cm³/mol. The van der Waals surface area contributed by atoms with Gasteiger partial charge in [0.15, 0.2) is 0 Å². The summed E-state index contributed by atoms with van der Waals surface area (Å²) in [7, 11) is 0. The molecule has 0 radical (unpaired) electrons. The zero-order valence-corrected chi connectivity index (χ0v) is 11.8. The molecule has 1 aliphatic heterocycles. The predicted octanol–water partition coefficient (Wildman–Crippen LogP) is 1.29. The van der Waals surface area contributed by atoms with Crippen molar-refractivity contribution in [1.29, 1.82) is 0 Å². The molecule has 1 amide bonds. The largest absolute Gasteiger partial charge is 0.445 e. The van der Waals surface area contributed by atoms with Crippen molar-refractivity contribution in [2.24, 2.45) is 5.73 Å². The Bertz CT molecular complexity index is 411. The van der Waals surface area contributed by atoms with Crippen LogP contribution in [0.5, 0.6) is 0 Å². The Balaban J connectivity index is 1.77. The van der Waals surface area contributed by atoms with Gasteiger partial charge in [0.05, 0.1) is 0 Å². The second-order valence-corrected chi connectivity index (χ2v) is 5.01. The van der Waals surface area contributed by atoms with Crippen LogP contribution >= 0.6 is 0 Å². The fourth-order valence-electron chi connectivity index (χ4n) is 2.37. The first kappa shape index (κ1) is 14.8. The van der Waals surface area contributed by atoms with Gasteiger partial charge in [-0.25, -0.2) is 4.79 Å². The van der Waals surface area contributed by atoms with Crippen molar-refractivity contribution in [3.63, 3.8) is 0 Å². The molecule has 0 bridgehead atoms.